The van der Waals surface area contributed by atoms with Crippen molar-refractivity contribution in [3.63, 3.8) is 0 Å². The Morgan fingerprint density at radius 2 is 2.26 bits per heavy atom. The van der Waals surface area contributed by atoms with Crippen LogP contribution in [0.15, 0.2) is 22.7 Å². The Kier molecular flexibility index (Phi) is 7.73. The number of likely N-dealkylation sites (tertiary alicyclic amines) is 1. The number of nitrogens with one attached hydrogen (secondary N) is 2. The summed E-state index contributed by atoms with van der Waals surface area (Å²) >= 11 is 8.47. The quantitative estimate of drug-likeness (QED) is 0.540. The number of hydrogen-bond donors (Lipinski definition) is 2. The van der Waals surface area contributed by atoms with E-state index in [0.717, 1.165) is 25.6 Å². The molecular weight excluding hydrogens is 377 g/mol. The number of hydrogen-bond acceptors (Lipinski definition) is 2. The molecule has 2 rings (SSSR count). The summed E-state index contributed by atoms with van der Waals surface area (Å²) in [6.45, 7) is 5.38. The highest BCUT2D eigenvalue weighted by molar-refractivity contribution is 9.10. The van der Waals surface area contributed by atoms with Gasteiger partial charge in [-0.2, -0.15) is 0 Å². The average molecular weight is 402 g/mol. The van der Waals surface area contributed by atoms with Crippen molar-refractivity contribution in [3.8, 4) is 0 Å². The second-order valence-electron chi connectivity index (χ2n) is 5.95. The Balaban J connectivity index is 1.68. The number of thiocarbonyl (C=S) groups is 1. The molecule has 0 amide bonds. The van der Waals surface area contributed by atoms with E-state index in [-0.39, 0.29) is 5.82 Å². The van der Waals surface area contributed by atoms with Crippen molar-refractivity contribution >= 4 is 38.9 Å². The highest BCUT2D eigenvalue weighted by Crippen LogP contribution is 2.20. The van der Waals surface area contributed by atoms with Crippen molar-refractivity contribution in [2.75, 3.05) is 25.0 Å². The molecule has 0 saturated carbocycles. The Bertz CT molecular complexity index is 527. The van der Waals surface area contributed by atoms with Crippen LogP contribution < -0.4 is 10.6 Å². The maximum atomic E-state index is 13.7. The van der Waals surface area contributed by atoms with Crippen molar-refractivity contribution in [3.05, 3.63) is 28.5 Å². The largest absolute Gasteiger partial charge is 0.362 e. The molecule has 0 aliphatic carbocycles. The van der Waals surface area contributed by atoms with Crippen LogP contribution in [0.4, 0.5) is 10.1 Å². The van der Waals surface area contributed by atoms with Gasteiger partial charge in [-0.25, -0.2) is 4.39 Å². The second kappa shape index (κ2) is 9.55. The first kappa shape index (κ1) is 18.6. The molecule has 0 aromatic heterocycles. The molecule has 1 fully saturated rings. The molecular formula is C17H25BrFN3S. The van der Waals surface area contributed by atoms with Crippen LogP contribution in [0.1, 0.15) is 39.0 Å². The zero-order chi connectivity index (χ0) is 16.7. The SMILES string of the molecule is CC[C@@H]1CCCCN1CCCNC(=S)Nc1ccc(Br)cc1F. The maximum Gasteiger partial charge on any atom is 0.170 e. The van der Waals surface area contributed by atoms with Crippen molar-refractivity contribution < 1.29 is 4.39 Å². The topological polar surface area (TPSA) is 27.3 Å². The monoisotopic (exact) mass is 401 g/mol. The van der Waals surface area contributed by atoms with Gasteiger partial charge in [0.1, 0.15) is 5.82 Å². The van der Waals surface area contributed by atoms with Gasteiger partial charge in [-0.15, -0.1) is 0 Å². The summed E-state index contributed by atoms with van der Waals surface area (Å²) in [6.07, 6.45) is 6.27. The predicted molar refractivity (Wildman–Crippen MR) is 102 cm³/mol. The van der Waals surface area contributed by atoms with E-state index >= 15 is 0 Å². The lowest BCUT2D eigenvalue weighted by atomic mass is 10.00. The Labute approximate surface area is 152 Å². The number of nitrogens with zero attached hydrogens (tertiary/aromatic N) is 1. The molecule has 23 heavy (non-hydrogen) atoms. The van der Waals surface area contributed by atoms with Crippen molar-refractivity contribution in [1.29, 1.82) is 0 Å². The maximum absolute atomic E-state index is 13.7. The molecule has 128 valence electrons. The van der Waals surface area contributed by atoms with Gasteiger partial charge in [0, 0.05) is 23.6 Å². The Hall–Kier alpha value is -0.720. The van der Waals surface area contributed by atoms with E-state index < -0.39 is 0 Å². The molecule has 1 saturated heterocycles. The van der Waals surface area contributed by atoms with Gasteiger partial charge in [0.15, 0.2) is 5.11 Å². The van der Waals surface area contributed by atoms with Crippen molar-refractivity contribution in [2.24, 2.45) is 0 Å². The van der Waals surface area contributed by atoms with Gasteiger partial charge in [-0.05, 0) is 62.6 Å². The van der Waals surface area contributed by atoms with E-state index in [9.17, 15) is 4.39 Å². The lowest BCUT2D eigenvalue weighted by Crippen LogP contribution is -2.41. The first-order chi connectivity index (χ1) is 11.1. The minimum Gasteiger partial charge on any atom is -0.362 e. The van der Waals surface area contributed by atoms with Crippen molar-refractivity contribution in [2.45, 2.75) is 45.1 Å². The lowest BCUT2D eigenvalue weighted by Gasteiger charge is -2.35. The summed E-state index contributed by atoms with van der Waals surface area (Å²) in [6, 6.07) is 5.62. The number of piperidine rings is 1. The average Bonchev–Trinajstić information content (AvgIpc) is 2.54. The molecule has 0 spiro atoms. The zero-order valence-electron chi connectivity index (χ0n) is 13.6. The minimum absolute atomic E-state index is 0.317. The molecule has 0 radical (unpaired) electrons. The molecule has 1 aromatic carbocycles. The van der Waals surface area contributed by atoms with Gasteiger partial charge in [-0.3, -0.25) is 0 Å². The van der Waals surface area contributed by atoms with Crippen LogP contribution in [-0.4, -0.2) is 35.7 Å². The summed E-state index contributed by atoms with van der Waals surface area (Å²) in [4.78, 5) is 2.59. The van der Waals surface area contributed by atoms with Crippen LogP contribution in [-0.2, 0) is 0 Å². The van der Waals surface area contributed by atoms with E-state index in [1.54, 1.807) is 12.1 Å². The van der Waals surface area contributed by atoms with Gasteiger partial charge < -0.3 is 15.5 Å². The van der Waals surface area contributed by atoms with Crippen LogP contribution in [0.2, 0.25) is 0 Å². The highest BCUT2D eigenvalue weighted by Gasteiger charge is 2.19. The smallest absolute Gasteiger partial charge is 0.170 e. The number of anilines is 1. The molecule has 2 N–H and O–H groups in total. The first-order valence-corrected chi connectivity index (χ1v) is 9.54. The molecule has 1 aromatic rings. The summed E-state index contributed by atoms with van der Waals surface area (Å²) in [7, 11) is 0. The second-order valence-corrected chi connectivity index (χ2v) is 7.28. The van der Waals surface area contributed by atoms with E-state index in [0.29, 0.717) is 15.3 Å². The fraction of sp³-hybridized carbons (Fsp3) is 0.588. The number of halogens is 2. The zero-order valence-corrected chi connectivity index (χ0v) is 16.0. The molecule has 1 aliphatic heterocycles. The molecule has 1 atom stereocenters. The molecule has 1 heterocycles. The van der Waals surface area contributed by atoms with Gasteiger partial charge >= 0.3 is 0 Å². The third-order valence-electron chi connectivity index (χ3n) is 4.31. The highest BCUT2D eigenvalue weighted by atomic mass is 79.9. The molecule has 0 unspecified atom stereocenters. The van der Waals surface area contributed by atoms with E-state index in [1.807, 2.05) is 0 Å². The molecule has 3 nitrogen and oxygen atoms in total. The van der Waals surface area contributed by atoms with E-state index in [4.69, 9.17) is 12.2 Å². The summed E-state index contributed by atoms with van der Waals surface area (Å²) in [5.74, 6) is -0.317. The van der Waals surface area contributed by atoms with Crippen LogP contribution >= 0.6 is 28.1 Å². The van der Waals surface area contributed by atoms with Crippen molar-refractivity contribution in [1.82, 2.24) is 10.2 Å². The Morgan fingerprint density at radius 1 is 1.43 bits per heavy atom. The fourth-order valence-corrected chi connectivity index (χ4v) is 3.60. The van der Waals surface area contributed by atoms with Crippen LogP contribution in [0.5, 0.6) is 0 Å². The number of rotatable bonds is 6. The lowest BCUT2D eigenvalue weighted by molar-refractivity contribution is 0.143. The van der Waals surface area contributed by atoms with Crippen LogP contribution in [0, 0.1) is 5.82 Å². The number of benzene rings is 1. The van der Waals surface area contributed by atoms with Gasteiger partial charge in [0.2, 0.25) is 0 Å². The normalized spacial score (nSPS) is 18.7. The van der Waals surface area contributed by atoms with Gasteiger partial charge in [0.25, 0.3) is 0 Å². The van der Waals surface area contributed by atoms with E-state index in [2.05, 4.69) is 38.4 Å². The minimum atomic E-state index is -0.317. The van der Waals surface area contributed by atoms with Crippen LogP contribution in [0.3, 0.4) is 0 Å². The molecule has 6 heteroatoms. The third-order valence-corrected chi connectivity index (χ3v) is 5.05. The summed E-state index contributed by atoms with van der Waals surface area (Å²) in [5.41, 5.74) is 0.396. The van der Waals surface area contributed by atoms with Crippen LogP contribution in [0.25, 0.3) is 0 Å². The first-order valence-electron chi connectivity index (χ1n) is 8.34. The predicted octanol–water partition coefficient (Wildman–Crippen LogP) is 4.53. The molecule has 1 aliphatic rings. The van der Waals surface area contributed by atoms with Gasteiger partial charge in [0.05, 0.1) is 5.69 Å². The molecule has 0 bridgehead atoms. The van der Waals surface area contributed by atoms with Gasteiger partial charge in [-0.1, -0.05) is 29.3 Å². The summed E-state index contributed by atoms with van der Waals surface area (Å²) in [5, 5.41) is 6.54. The third kappa shape index (κ3) is 6.01. The standard InChI is InChI=1S/C17H25BrFN3S/c1-2-14-6-3-4-10-22(14)11-5-9-20-17(23)21-16-8-7-13(18)12-15(16)19/h7-8,12,14H,2-6,9-11H2,1H3,(H2,20,21,23)/t14-/m1/s1. The Morgan fingerprint density at radius 3 is 3.00 bits per heavy atom. The summed E-state index contributed by atoms with van der Waals surface area (Å²) < 4.78 is 14.5. The fourth-order valence-electron chi connectivity index (χ4n) is 3.06. The van der Waals surface area contributed by atoms with E-state index in [1.165, 1.54) is 38.3 Å².